The Bertz CT molecular complexity index is 1450. The molecule has 1 N–H and O–H groups in total. The van der Waals surface area contributed by atoms with Crippen molar-refractivity contribution in [2.45, 2.75) is 20.5 Å². The third kappa shape index (κ3) is 5.18. The van der Waals surface area contributed by atoms with E-state index in [0.29, 0.717) is 0 Å². The molecule has 37 heavy (non-hydrogen) atoms. The van der Waals surface area contributed by atoms with Crippen LogP contribution in [0.15, 0.2) is 66.2 Å². The largest absolute Gasteiger partial charge is 0.493 e. The van der Waals surface area contributed by atoms with E-state index in [1.165, 1.54) is 19.2 Å². The number of nitrogens with one attached hydrogen (secondary N) is 1. The smallest absolute Gasteiger partial charge is 0.335 e. The van der Waals surface area contributed by atoms with Crippen molar-refractivity contribution < 1.29 is 28.8 Å². The lowest BCUT2D eigenvalue weighted by Crippen LogP contribution is -2.54. The fraction of sp³-hybridized carbons (Fsp3) is 0.148. The van der Waals surface area contributed by atoms with Gasteiger partial charge in [-0.15, -0.1) is 0 Å². The summed E-state index contributed by atoms with van der Waals surface area (Å²) in [7, 11) is 1.37. The molecule has 0 saturated carbocycles. The van der Waals surface area contributed by atoms with Crippen LogP contribution in [0.5, 0.6) is 11.5 Å². The molecule has 4 amide bonds. The molecular weight excluding hydrogens is 478 g/mol. The zero-order valence-electron chi connectivity index (χ0n) is 20.3. The molecule has 0 bridgehead atoms. The molecule has 0 spiro atoms. The number of rotatable bonds is 7. The van der Waals surface area contributed by atoms with Crippen LogP contribution in [-0.4, -0.2) is 29.9 Å². The summed E-state index contributed by atoms with van der Waals surface area (Å²) in [6, 6.07) is 15.8. The van der Waals surface area contributed by atoms with Gasteiger partial charge in [0.15, 0.2) is 11.5 Å². The molecule has 10 heteroatoms. The summed E-state index contributed by atoms with van der Waals surface area (Å²) in [6.45, 7) is 3.85. The topological polar surface area (TPSA) is 128 Å². The summed E-state index contributed by atoms with van der Waals surface area (Å²) in [5.41, 5.74) is 1.98. The number of ether oxygens (including phenoxy) is 2. The molecule has 1 saturated heterocycles. The highest BCUT2D eigenvalue weighted by Gasteiger charge is 2.37. The molecule has 1 heterocycles. The number of nitro groups is 1. The Labute approximate surface area is 212 Å². The van der Waals surface area contributed by atoms with Gasteiger partial charge in [-0.25, -0.2) is 9.69 Å². The third-order valence-corrected chi connectivity index (χ3v) is 5.90. The lowest BCUT2D eigenvalue weighted by molar-refractivity contribution is -0.385. The predicted octanol–water partition coefficient (Wildman–Crippen LogP) is 4.47. The van der Waals surface area contributed by atoms with Crippen LogP contribution in [0.2, 0.25) is 0 Å². The summed E-state index contributed by atoms with van der Waals surface area (Å²) < 4.78 is 11.1. The van der Waals surface area contributed by atoms with E-state index in [1.807, 2.05) is 44.2 Å². The fourth-order valence-electron chi connectivity index (χ4n) is 3.76. The van der Waals surface area contributed by atoms with Gasteiger partial charge in [-0.2, -0.15) is 0 Å². The molecule has 1 aliphatic heterocycles. The number of nitro benzene ring substituents is 1. The zero-order chi connectivity index (χ0) is 26.7. The predicted molar refractivity (Wildman–Crippen MR) is 135 cm³/mol. The maximum atomic E-state index is 13.3. The second-order valence-electron chi connectivity index (χ2n) is 8.32. The average molecular weight is 501 g/mol. The first kappa shape index (κ1) is 25.1. The number of benzene rings is 3. The highest BCUT2D eigenvalue weighted by Crippen LogP contribution is 2.37. The number of carbonyl (C=O) groups is 3. The lowest BCUT2D eigenvalue weighted by Gasteiger charge is -2.26. The van der Waals surface area contributed by atoms with Gasteiger partial charge in [0.2, 0.25) is 0 Å². The zero-order valence-corrected chi connectivity index (χ0v) is 20.3. The number of imide groups is 2. The molecule has 1 fully saturated rings. The molecule has 3 aromatic rings. The molecule has 0 aliphatic carbocycles. The number of amides is 4. The maximum Gasteiger partial charge on any atom is 0.335 e. The van der Waals surface area contributed by atoms with E-state index in [2.05, 4.69) is 5.32 Å². The molecule has 0 atom stereocenters. The monoisotopic (exact) mass is 501 g/mol. The number of anilines is 1. The van der Waals surface area contributed by atoms with Crippen molar-refractivity contribution in [3.05, 3.63) is 98.6 Å². The molecule has 3 aromatic carbocycles. The number of hydrogen-bond donors (Lipinski definition) is 1. The molecule has 0 aromatic heterocycles. The number of carbonyl (C=O) groups excluding carboxylic acids is 3. The highest BCUT2D eigenvalue weighted by atomic mass is 16.6. The van der Waals surface area contributed by atoms with E-state index in [4.69, 9.17) is 9.47 Å². The molecule has 0 unspecified atom stereocenters. The Morgan fingerprint density at radius 1 is 0.973 bits per heavy atom. The van der Waals surface area contributed by atoms with Crippen LogP contribution in [-0.2, 0) is 16.2 Å². The van der Waals surface area contributed by atoms with E-state index in [9.17, 15) is 24.5 Å². The van der Waals surface area contributed by atoms with E-state index in [-0.39, 0.29) is 29.4 Å². The van der Waals surface area contributed by atoms with Gasteiger partial charge in [0.05, 0.1) is 29.4 Å². The molecule has 188 valence electrons. The summed E-state index contributed by atoms with van der Waals surface area (Å²) >= 11 is 0. The summed E-state index contributed by atoms with van der Waals surface area (Å²) in [5, 5.41) is 14.0. The first-order valence-corrected chi connectivity index (χ1v) is 11.2. The van der Waals surface area contributed by atoms with E-state index in [1.54, 1.807) is 18.2 Å². The minimum Gasteiger partial charge on any atom is -0.493 e. The van der Waals surface area contributed by atoms with Crippen LogP contribution in [0.25, 0.3) is 6.08 Å². The molecule has 10 nitrogen and oxygen atoms in total. The third-order valence-electron chi connectivity index (χ3n) is 5.90. The Morgan fingerprint density at radius 3 is 2.35 bits per heavy atom. The lowest BCUT2D eigenvalue weighted by atomic mass is 10.0. The Hall–Kier alpha value is -4.99. The average Bonchev–Trinajstić information content (AvgIpc) is 2.87. The fourth-order valence-corrected chi connectivity index (χ4v) is 3.76. The van der Waals surface area contributed by atoms with Crippen LogP contribution >= 0.6 is 0 Å². The molecular formula is C27H23N3O7. The number of methoxy groups -OCH3 is 1. The second kappa shape index (κ2) is 10.3. The van der Waals surface area contributed by atoms with Crippen molar-refractivity contribution in [3.63, 3.8) is 0 Å². The van der Waals surface area contributed by atoms with Crippen LogP contribution in [0.3, 0.4) is 0 Å². The summed E-state index contributed by atoms with van der Waals surface area (Å²) in [6.07, 6.45) is 1.07. The number of barbiturate groups is 1. The molecule has 1 aliphatic rings. The van der Waals surface area contributed by atoms with Gasteiger partial charge in [-0.1, -0.05) is 36.4 Å². The number of hydrogen-bond acceptors (Lipinski definition) is 7. The van der Waals surface area contributed by atoms with Crippen molar-refractivity contribution in [2.24, 2.45) is 0 Å². The Morgan fingerprint density at radius 2 is 1.70 bits per heavy atom. The molecule has 0 radical (unpaired) electrons. The second-order valence-corrected chi connectivity index (χ2v) is 8.32. The van der Waals surface area contributed by atoms with E-state index in [0.717, 1.165) is 27.7 Å². The van der Waals surface area contributed by atoms with Crippen LogP contribution in [0, 0.1) is 24.0 Å². The van der Waals surface area contributed by atoms with Gasteiger partial charge in [0.25, 0.3) is 17.5 Å². The van der Waals surface area contributed by atoms with Crippen molar-refractivity contribution in [1.29, 1.82) is 0 Å². The van der Waals surface area contributed by atoms with Crippen molar-refractivity contribution in [1.82, 2.24) is 5.32 Å². The van der Waals surface area contributed by atoms with Gasteiger partial charge in [-0.05, 0) is 54.8 Å². The number of urea groups is 1. The van der Waals surface area contributed by atoms with Gasteiger partial charge >= 0.3 is 6.03 Å². The Balaban J connectivity index is 1.73. The number of nitrogens with zero attached hydrogens (tertiary/aromatic N) is 2. The molecule has 4 rings (SSSR count). The van der Waals surface area contributed by atoms with Gasteiger partial charge in [0.1, 0.15) is 12.2 Å². The highest BCUT2D eigenvalue weighted by molar-refractivity contribution is 6.39. The van der Waals surface area contributed by atoms with Crippen LogP contribution in [0.4, 0.5) is 16.2 Å². The normalized spacial score (nSPS) is 14.5. The first-order chi connectivity index (χ1) is 17.7. The van der Waals surface area contributed by atoms with Crippen molar-refractivity contribution in [3.8, 4) is 11.5 Å². The SMILES string of the molecule is COc1cc(/C=C2\C(=O)NC(=O)N(c3ccc(C)c(C)c3)C2=O)c([N+](=O)[O-])cc1OCc1ccccc1. The summed E-state index contributed by atoms with van der Waals surface area (Å²) in [5.74, 6) is -1.59. The van der Waals surface area contributed by atoms with E-state index < -0.39 is 34.0 Å². The Kier molecular flexibility index (Phi) is 7.01. The van der Waals surface area contributed by atoms with Crippen molar-refractivity contribution in [2.75, 3.05) is 12.0 Å². The van der Waals surface area contributed by atoms with E-state index >= 15 is 0 Å². The number of aryl methyl sites for hydroxylation is 2. The van der Waals surface area contributed by atoms with Gasteiger partial charge in [0, 0.05) is 0 Å². The van der Waals surface area contributed by atoms with Gasteiger partial charge < -0.3 is 9.47 Å². The van der Waals surface area contributed by atoms with Crippen molar-refractivity contribution >= 4 is 35.3 Å². The quantitative estimate of drug-likeness (QED) is 0.219. The summed E-state index contributed by atoms with van der Waals surface area (Å²) in [4.78, 5) is 50.4. The van der Waals surface area contributed by atoms with Gasteiger partial charge in [-0.3, -0.25) is 25.0 Å². The van der Waals surface area contributed by atoms with Crippen LogP contribution in [0.1, 0.15) is 22.3 Å². The standard InChI is InChI=1S/C27H23N3O7/c1-16-9-10-20(11-17(16)2)29-26(32)21(25(31)28-27(29)33)12-19-13-23(36-3)24(14-22(19)30(34)35)37-15-18-7-5-4-6-8-18/h4-14H,15H2,1-3H3,(H,28,31,33)/b21-12+. The van der Waals surface area contributed by atoms with Crippen LogP contribution < -0.4 is 19.7 Å². The minimum atomic E-state index is -0.965. The first-order valence-electron chi connectivity index (χ1n) is 11.2. The minimum absolute atomic E-state index is 0.0678. The maximum absolute atomic E-state index is 13.3.